The normalized spacial score (nSPS) is 18.9. The number of halogens is 3. The summed E-state index contributed by atoms with van der Waals surface area (Å²) in [6, 6.07) is 6.15. The molecule has 9 nitrogen and oxygen atoms in total. The number of nitrogens with zero attached hydrogens (tertiary/aromatic N) is 2. The third-order valence-corrected chi connectivity index (χ3v) is 5.17. The van der Waals surface area contributed by atoms with Gasteiger partial charge in [-0.2, -0.15) is 0 Å². The largest absolute Gasteiger partial charge is 0.573 e. The number of rotatable bonds is 8. The molecule has 0 saturated carbocycles. The first kappa shape index (κ1) is 23.2. The first-order valence-electron chi connectivity index (χ1n) is 9.84. The SMILES string of the molecule is NC(=O)c1cc(CC2CC(CCOc3ccc(OC(F)(F)F)cc3)CCN2C(=O)O)on1. The quantitative estimate of drug-likeness (QED) is 0.621. The first-order chi connectivity index (χ1) is 15.1. The van der Waals surface area contributed by atoms with E-state index in [4.69, 9.17) is 15.0 Å². The Bertz CT molecular complexity index is 931. The van der Waals surface area contributed by atoms with E-state index in [9.17, 15) is 27.9 Å². The number of carbonyl (C=O) groups is 2. The van der Waals surface area contributed by atoms with E-state index in [-0.39, 0.29) is 29.8 Å². The lowest BCUT2D eigenvalue weighted by atomic mass is 9.87. The Morgan fingerprint density at radius 3 is 2.53 bits per heavy atom. The lowest BCUT2D eigenvalue weighted by Crippen LogP contribution is -2.46. The van der Waals surface area contributed by atoms with Gasteiger partial charge in [0.2, 0.25) is 0 Å². The van der Waals surface area contributed by atoms with Gasteiger partial charge in [0.05, 0.1) is 6.61 Å². The van der Waals surface area contributed by atoms with Gasteiger partial charge < -0.3 is 29.7 Å². The van der Waals surface area contributed by atoms with E-state index < -0.39 is 18.4 Å². The van der Waals surface area contributed by atoms with E-state index in [2.05, 4.69) is 9.89 Å². The Kier molecular flexibility index (Phi) is 7.11. The average molecular weight is 457 g/mol. The van der Waals surface area contributed by atoms with Crippen LogP contribution in [-0.4, -0.2) is 52.7 Å². The van der Waals surface area contributed by atoms with Crippen molar-refractivity contribution < 1.29 is 41.9 Å². The van der Waals surface area contributed by atoms with E-state index in [1.807, 2.05) is 0 Å². The highest BCUT2D eigenvalue weighted by molar-refractivity contribution is 5.90. The minimum atomic E-state index is -4.75. The number of hydrogen-bond donors (Lipinski definition) is 2. The van der Waals surface area contributed by atoms with Crippen molar-refractivity contribution in [3.63, 3.8) is 0 Å². The highest BCUT2D eigenvalue weighted by Gasteiger charge is 2.33. The minimum Gasteiger partial charge on any atom is -0.494 e. The third kappa shape index (κ3) is 6.53. The standard InChI is InChI=1S/C20H22F3N3O6/c21-20(22,23)31-15-3-1-14(2-4-15)30-8-6-12-5-7-26(19(28)29)13(9-12)10-16-11-17(18(24)27)25-32-16/h1-4,11-13H,5-10H2,(H2,24,27)(H,28,29). The molecule has 174 valence electrons. The van der Waals surface area contributed by atoms with Gasteiger partial charge in [0.1, 0.15) is 17.3 Å². The molecule has 2 heterocycles. The summed E-state index contributed by atoms with van der Waals surface area (Å²) >= 11 is 0. The molecule has 12 heteroatoms. The monoisotopic (exact) mass is 457 g/mol. The summed E-state index contributed by atoms with van der Waals surface area (Å²) in [7, 11) is 0. The van der Waals surface area contributed by atoms with Crippen LogP contribution in [0.1, 0.15) is 35.5 Å². The number of carbonyl (C=O) groups excluding carboxylic acids is 1. The summed E-state index contributed by atoms with van der Waals surface area (Å²) in [6.07, 6.45) is -3.70. The molecular formula is C20H22F3N3O6. The van der Waals surface area contributed by atoms with Crippen LogP contribution in [0.3, 0.4) is 0 Å². The summed E-state index contributed by atoms with van der Waals surface area (Å²) in [5.74, 6) is -0.123. The van der Waals surface area contributed by atoms with Gasteiger partial charge in [0.25, 0.3) is 5.91 Å². The van der Waals surface area contributed by atoms with Crippen molar-refractivity contribution in [3.05, 3.63) is 41.8 Å². The van der Waals surface area contributed by atoms with Crippen LogP contribution in [0.25, 0.3) is 0 Å². The van der Waals surface area contributed by atoms with Gasteiger partial charge in [-0.1, -0.05) is 5.16 Å². The zero-order valence-electron chi connectivity index (χ0n) is 16.9. The highest BCUT2D eigenvalue weighted by Crippen LogP contribution is 2.29. The molecule has 32 heavy (non-hydrogen) atoms. The molecular weight excluding hydrogens is 435 g/mol. The fourth-order valence-corrected chi connectivity index (χ4v) is 3.68. The maximum atomic E-state index is 12.2. The summed E-state index contributed by atoms with van der Waals surface area (Å²) in [6.45, 7) is 0.656. The zero-order valence-corrected chi connectivity index (χ0v) is 16.9. The lowest BCUT2D eigenvalue weighted by Gasteiger charge is -2.37. The molecule has 0 spiro atoms. The Labute approximate surface area is 180 Å². The summed E-state index contributed by atoms with van der Waals surface area (Å²) in [4.78, 5) is 24.1. The van der Waals surface area contributed by atoms with Crippen LogP contribution in [0.15, 0.2) is 34.9 Å². The van der Waals surface area contributed by atoms with Crippen molar-refractivity contribution in [2.24, 2.45) is 11.7 Å². The molecule has 1 aliphatic heterocycles. The number of piperidine rings is 1. The molecule has 0 bridgehead atoms. The Hall–Kier alpha value is -3.44. The maximum absolute atomic E-state index is 12.2. The van der Waals surface area contributed by atoms with Crippen LogP contribution in [0.4, 0.5) is 18.0 Å². The van der Waals surface area contributed by atoms with Crippen LogP contribution in [-0.2, 0) is 6.42 Å². The van der Waals surface area contributed by atoms with Gasteiger partial charge in [-0.25, -0.2) is 4.79 Å². The van der Waals surface area contributed by atoms with Crippen molar-refractivity contribution in [2.75, 3.05) is 13.2 Å². The topological polar surface area (TPSA) is 128 Å². The minimum absolute atomic E-state index is 0.0192. The van der Waals surface area contributed by atoms with E-state index in [0.29, 0.717) is 43.9 Å². The first-order valence-corrected chi connectivity index (χ1v) is 9.84. The third-order valence-electron chi connectivity index (χ3n) is 5.17. The van der Waals surface area contributed by atoms with Crippen molar-refractivity contribution in [1.82, 2.24) is 10.1 Å². The maximum Gasteiger partial charge on any atom is 0.573 e. The van der Waals surface area contributed by atoms with Crippen molar-refractivity contribution in [1.29, 1.82) is 0 Å². The van der Waals surface area contributed by atoms with Gasteiger partial charge in [0.15, 0.2) is 5.69 Å². The molecule has 2 aromatic rings. The Morgan fingerprint density at radius 1 is 1.25 bits per heavy atom. The second-order valence-corrected chi connectivity index (χ2v) is 7.42. The van der Waals surface area contributed by atoms with Gasteiger partial charge >= 0.3 is 12.5 Å². The molecule has 1 aliphatic rings. The van der Waals surface area contributed by atoms with Crippen molar-refractivity contribution in [2.45, 2.75) is 38.1 Å². The number of hydrogen-bond acceptors (Lipinski definition) is 6. The average Bonchev–Trinajstić information content (AvgIpc) is 3.17. The van der Waals surface area contributed by atoms with Crippen molar-refractivity contribution in [3.8, 4) is 11.5 Å². The van der Waals surface area contributed by atoms with E-state index in [1.54, 1.807) is 0 Å². The number of likely N-dealkylation sites (tertiary alicyclic amines) is 1. The number of primary amides is 1. The van der Waals surface area contributed by atoms with E-state index in [1.165, 1.54) is 35.2 Å². The molecule has 1 aromatic heterocycles. The molecule has 3 rings (SSSR count). The van der Waals surface area contributed by atoms with Gasteiger partial charge in [-0.3, -0.25) is 4.79 Å². The van der Waals surface area contributed by atoms with E-state index in [0.717, 1.165) is 0 Å². The number of benzene rings is 1. The second-order valence-electron chi connectivity index (χ2n) is 7.42. The van der Waals surface area contributed by atoms with Crippen LogP contribution >= 0.6 is 0 Å². The van der Waals surface area contributed by atoms with Gasteiger partial charge in [-0.05, 0) is 49.4 Å². The van der Waals surface area contributed by atoms with Crippen LogP contribution in [0, 0.1) is 5.92 Å². The molecule has 0 radical (unpaired) electrons. The smallest absolute Gasteiger partial charge is 0.494 e. The number of ether oxygens (including phenoxy) is 2. The fraction of sp³-hybridized carbons (Fsp3) is 0.450. The highest BCUT2D eigenvalue weighted by atomic mass is 19.4. The Morgan fingerprint density at radius 2 is 1.94 bits per heavy atom. The van der Waals surface area contributed by atoms with E-state index >= 15 is 0 Å². The molecule has 3 N–H and O–H groups in total. The fourth-order valence-electron chi connectivity index (χ4n) is 3.68. The number of amides is 2. The summed E-state index contributed by atoms with van der Waals surface area (Å²) in [5, 5.41) is 13.1. The summed E-state index contributed by atoms with van der Waals surface area (Å²) in [5.41, 5.74) is 5.14. The Balaban J connectivity index is 1.52. The van der Waals surface area contributed by atoms with Crippen LogP contribution < -0.4 is 15.2 Å². The second kappa shape index (κ2) is 9.79. The van der Waals surface area contributed by atoms with Crippen LogP contribution in [0.2, 0.25) is 0 Å². The molecule has 1 aromatic carbocycles. The molecule has 2 atom stereocenters. The van der Waals surface area contributed by atoms with Crippen LogP contribution in [0.5, 0.6) is 11.5 Å². The number of alkyl halides is 3. The lowest BCUT2D eigenvalue weighted by molar-refractivity contribution is -0.274. The predicted octanol–water partition coefficient (Wildman–Crippen LogP) is 3.44. The predicted molar refractivity (Wildman–Crippen MR) is 103 cm³/mol. The molecule has 2 unspecified atom stereocenters. The van der Waals surface area contributed by atoms with Crippen molar-refractivity contribution >= 4 is 12.0 Å². The zero-order chi connectivity index (χ0) is 23.3. The summed E-state index contributed by atoms with van der Waals surface area (Å²) < 4.78 is 51.1. The number of nitrogens with two attached hydrogens (primary N) is 1. The van der Waals surface area contributed by atoms with Gasteiger partial charge in [-0.15, -0.1) is 13.2 Å². The number of carboxylic acid groups (broad SMARTS) is 1. The molecule has 1 fully saturated rings. The molecule has 2 amide bonds. The van der Waals surface area contributed by atoms with Gasteiger partial charge in [0, 0.05) is 25.1 Å². The molecule has 1 saturated heterocycles. The number of aromatic nitrogens is 1. The molecule has 0 aliphatic carbocycles.